The quantitative estimate of drug-likeness (QED) is 0.892. The van der Waals surface area contributed by atoms with Crippen LogP contribution in [0.4, 0.5) is 0 Å². The molecule has 2 N–H and O–H groups in total. The predicted molar refractivity (Wildman–Crippen MR) is 68.6 cm³/mol. The van der Waals surface area contributed by atoms with E-state index in [1.165, 1.54) is 0 Å². The van der Waals surface area contributed by atoms with Gasteiger partial charge in [-0.05, 0) is 24.6 Å². The summed E-state index contributed by atoms with van der Waals surface area (Å²) < 4.78 is 1.00. The molecular formula is C12H13BrN2O. The number of rotatable bonds is 3. The lowest BCUT2D eigenvalue weighted by atomic mass is 10.2. The van der Waals surface area contributed by atoms with Crippen LogP contribution in [0.2, 0.25) is 0 Å². The maximum absolute atomic E-state index is 11.7. The maximum Gasteiger partial charge on any atom is 0.267 e. The number of halogens is 1. The predicted octanol–water partition coefficient (Wildman–Crippen LogP) is 3.07. The largest absolute Gasteiger partial charge is 0.351 e. The Morgan fingerprint density at radius 1 is 1.44 bits per heavy atom. The Morgan fingerprint density at radius 2 is 2.25 bits per heavy atom. The van der Waals surface area contributed by atoms with Crippen molar-refractivity contribution in [2.45, 2.75) is 13.3 Å². The van der Waals surface area contributed by atoms with E-state index < -0.39 is 0 Å². The third kappa shape index (κ3) is 2.27. The number of aromatic amines is 1. The van der Waals surface area contributed by atoms with E-state index >= 15 is 0 Å². The standard InChI is InChI=1S/C12H13BrN2O/c1-2-5-14-12(16)11-6-8-3-4-9(13)7-10(8)15-11/h3-4,6-7,15H,2,5H2,1H3,(H,14,16). The Labute approximate surface area is 102 Å². The highest BCUT2D eigenvalue weighted by molar-refractivity contribution is 9.10. The molecule has 84 valence electrons. The average Bonchev–Trinajstić information content (AvgIpc) is 2.68. The van der Waals surface area contributed by atoms with Gasteiger partial charge in [0.05, 0.1) is 0 Å². The molecular weight excluding hydrogens is 268 g/mol. The van der Waals surface area contributed by atoms with Gasteiger partial charge in [-0.25, -0.2) is 0 Å². The van der Waals surface area contributed by atoms with E-state index in [1.54, 1.807) is 0 Å². The van der Waals surface area contributed by atoms with Crippen molar-refractivity contribution in [2.24, 2.45) is 0 Å². The van der Waals surface area contributed by atoms with E-state index in [4.69, 9.17) is 0 Å². The highest BCUT2D eigenvalue weighted by atomic mass is 79.9. The smallest absolute Gasteiger partial charge is 0.267 e. The molecule has 0 aliphatic heterocycles. The van der Waals surface area contributed by atoms with E-state index in [-0.39, 0.29) is 5.91 Å². The summed E-state index contributed by atoms with van der Waals surface area (Å²) in [6.45, 7) is 2.74. The zero-order chi connectivity index (χ0) is 11.5. The Bertz CT molecular complexity index is 519. The van der Waals surface area contributed by atoms with Crippen LogP contribution in [0.25, 0.3) is 10.9 Å². The van der Waals surface area contributed by atoms with Gasteiger partial charge in [0.1, 0.15) is 5.69 Å². The first kappa shape index (κ1) is 11.2. The third-order valence-electron chi connectivity index (χ3n) is 2.36. The molecule has 1 aromatic carbocycles. The van der Waals surface area contributed by atoms with E-state index in [9.17, 15) is 4.79 Å². The number of hydrogen-bond donors (Lipinski definition) is 2. The molecule has 0 unspecified atom stereocenters. The molecule has 2 rings (SSSR count). The second kappa shape index (κ2) is 4.70. The number of amides is 1. The summed E-state index contributed by atoms with van der Waals surface area (Å²) in [6.07, 6.45) is 0.942. The van der Waals surface area contributed by atoms with Gasteiger partial charge in [-0.3, -0.25) is 4.79 Å². The maximum atomic E-state index is 11.7. The average molecular weight is 281 g/mol. The number of nitrogens with one attached hydrogen (secondary N) is 2. The van der Waals surface area contributed by atoms with Crippen molar-refractivity contribution < 1.29 is 4.79 Å². The number of benzene rings is 1. The third-order valence-corrected chi connectivity index (χ3v) is 2.86. The van der Waals surface area contributed by atoms with Crippen LogP contribution < -0.4 is 5.32 Å². The van der Waals surface area contributed by atoms with Crippen molar-refractivity contribution in [3.05, 3.63) is 34.4 Å². The van der Waals surface area contributed by atoms with Crippen LogP contribution in [0.1, 0.15) is 23.8 Å². The molecule has 0 radical (unpaired) electrons. The molecule has 0 atom stereocenters. The van der Waals surface area contributed by atoms with Gasteiger partial charge in [0.15, 0.2) is 0 Å². The molecule has 3 nitrogen and oxygen atoms in total. The Kier molecular flexibility index (Phi) is 3.29. The van der Waals surface area contributed by atoms with Gasteiger partial charge in [0.2, 0.25) is 0 Å². The lowest BCUT2D eigenvalue weighted by Gasteiger charge is -1.99. The van der Waals surface area contributed by atoms with Gasteiger partial charge in [-0.2, -0.15) is 0 Å². The molecule has 0 fully saturated rings. The van der Waals surface area contributed by atoms with Gasteiger partial charge in [0, 0.05) is 21.9 Å². The van der Waals surface area contributed by atoms with E-state index in [0.29, 0.717) is 12.2 Å². The first-order valence-corrected chi connectivity index (χ1v) is 6.06. The second-order valence-corrected chi connectivity index (χ2v) is 4.59. The highest BCUT2D eigenvalue weighted by Crippen LogP contribution is 2.20. The number of carbonyl (C=O) groups is 1. The van der Waals surface area contributed by atoms with Crippen LogP contribution in [0.5, 0.6) is 0 Å². The lowest BCUT2D eigenvalue weighted by molar-refractivity contribution is 0.0949. The molecule has 0 bridgehead atoms. The summed E-state index contributed by atoms with van der Waals surface area (Å²) in [5.41, 5.74) is 1.58. The molecule has 16 heavy (non-hydrogen) atoms. The summed E-state index contributed by atoms with van der Waals surface area (Å²) in [7, 11) is 0. The summed E-state index contributed by atoms with van der Waals surface area (Å²) in [5, 5.41) is 3.89. The van der Waals surface area contributed by atoms with Gasteiger partial charge < -0.3 is 10.3 Å². The molecule has 1 heterocycles. The molecule has 0 aliphatic rings. The number of carbonyl (C=O) groups excluding carboxylic acids is 1. The number of H-pyrrole nitrogens is 1. The van der Waals surface area contributed by atoms with Crippen molar-refractivity contribution in [3.8, 4) is 0 Å². The van der Waals surface area contributed by atoms with E-state index in [0.717, 1.165) is 21.8 Å². The number of aromatic nitrogens is 1. The van der Waals surface area contributed by atoms with Gasteiger partial charge in [-0.15, -0.1) is 0 Å². The van der Waals surface area contributed by atoms with Gasteiger partial charge >= 0.3 is 0 Å². The first-order chi connectivity index (χ1) is 7.70. The van der Waals surface area contributed by atoms with Crippen molar-refractivity contribution in [3.63, 3.8) is 0 Å². The minimum Gasteiger partial charge on any atom is -0.351 e. The summed E-state index contributed by atoms with van der Waals surface area (Å²) in [4.78, 5) is 14.8. The Hall–Kier alpha value is -1.29. The lowest BCUT2D eigenvalue weighted by Crippen LogP contribution is -2.24. The van der Waals surface area contributed by atoms with Crippen LogP contribution in [-0.2, 0) is 0 Å². The summed E-state index contributed by atoms with van der Waals surface area (Å²) >= 11 is 3.40. The van der Waals surface area contributed by atoms with Gasteiger partial charge in [0.25, 0.3) is 5.91 Å². The van der Waals surface area contributed by atoms with Crippen molar-refractivity contribution in [1.29, 1.82) is 0 Å². The second-order valence-electron chi connectivity index (χ2n) is 3.67. The van der Waals surface area contributed by atoms with Crippen molar-refractivity contribution in [2.75, 3.05) is 6.54 Å². The van der Waals surface area contributed by atoms with Crippen LogP contribution in [-0.4, -0.2) is 17.4 Å². The summed E-state index contributed by atoms with van der Waals surface area (Å²) in [5.74, 6) is -0.0471. The van der Waals surface area contributed by atoms with E-state index in [1.807, 2.05) is 31.2 Å². The van der Waals surface area contributed by atoms with Crippen molar-refractivity contribution >= 4 is 32.7 Å². The minimum absolute atomic E-state index is 0.0471. The van der Waals surface area contributed by atoms with Crippen LogP contribution in [0.3, 0.4) is 0 Å². The fraction of sp³-hybridized carbons (Fsp3) is 0.250. The highest BCUT2D eigenvalue weighted by Gasteiger charge is 2.08. The fourth-order valence-electron chi connectivity index (χ4n) is 1.56. The van der Waals surface area contributed by atoms with Crippen LogP contribution >= 0.6 is 15.9 Å². The first-order valence-electron chi connectivity index (χ1n) is 5.27. The molecule has 4 heteroatoms. The Balaban J connectivity index is 2.28. The molecule has 0 spiro atoms. The Morgan fingerprint density at radius 3 is 3.00 bits per heavy atom. The molecule has 1 amide bonds. The normalized spacial score (nSPS) is 10.6. The van der Waals surface area contributed by atoms with E-state index in [2.05, 4.69) is 26.2 Å². The fourth-order valence-corrected chi connectivity index (χ4v) is 1.92. The van der Waals surface area contributed by atoms with Crippen LogP contribution in [0.15, 0.2) is 28.7 Å². The zero-order valence-corrected chi connectivity index (χ0v) is 10.6. The topological polar surface area (TPSA) is 44.9 Å². The molecule has 0 saturated heterocycles. The number of hydrogen-bond acceptors (Lipinski definition) is 1. The zero-order valence-electron chi connectivity index (χ0n) is 9.01. The van der Waals surface area contributed by atoms with Gasteiger partial charge in [-0.1, -0.05) is 28.9 Å². The molecule has 1 aromatic heterocycles. The number of fused-ring (bicyclic) bond motifs is 1. The van der Waals surface area contributed by atoms with Crippen molar-refractivity contribution in [1.82, 2.24) is 10.3 Å². The van der Waals surface area contributed by atoms with Crippen LogP contribution in [0, 0.1) is 0 Å². The summed E-state index contributed by atoms with van der Waals surface area (Å²) in [6, 6.07) is 7.77. The SMILES string of the molecule is CCCNC(=O)c1cc2ccc(Br)cc2[nH]1. The molecule has 2 aromatic rings. The monoisotopic (exact) mass is 280 g/mol. The minimum atomic E-state index is -0.0471. The molecule has 0 saturated carbocycles. The molecule has 0 aliphatic carbocycles.